The highest BCUT2D eigenvalue weighted by Crippen LogP contribution is 2.03. The number of H-pyrrole nitrogens is 2. The number of hydrogen-bond donors (Lipinski definition) is 2. The first-order chi connectivity index (χ1) is 6.22. The zero-order chi connectivity index (χ0) is 9.42. The molecule has 2 rings (SSSR count). The maximum atomic E-state index is 11.3. The summed E-state index contributed by atoms with van der Waals surface area (Å²) < 4.78 is 2.16. The predicted molar refractivity (Wildman–Crippen MR) is 51.2 cm³/mol. The molecule has 0 aliphatic heterocycles. The molecule has 0 saturated heterocycles. The standard InChI is InChI=1S/C7H8N4OS/c1-2-11-3-8-4-5(11)9-7(13)10-6(4)12/h3H,2H2,1H3,(H2,9,10,12,13). The lowest BCUT2D eigenvalue weighted by atomic mass is 10.5. The Morgan fingerprint density at radius 1 is 1.62 bits per heavy atom. The van der Waals surface area contributed by atoms with E-state index >= 15 is 0 Å². The summed E-state index contributed by atoms with van der Waals surface area (Å²) in [5.74, 6) is 0. The van der Waals surface area contributed by atoms with E-state index in [1.165, 1.54) is 0 Å². The van der Waals surface area contributed by atoms with Gasteiger partial charge in [-0.3, -0.25) is 9.78 Å². The monoisotopic (exact) mass is 196 g/mol. The normalized spacial score (nSPS) is 10.8. The van der Waals surface area contributed by atoms with Crippen molar-refractivity contribution in [2.45, 2.75) is 13.5 Å². The van der Waals surface area contributed by atoms with E-state index < -0.39 is 0 Å². The number of aromatic amines is 2. The van der Waals surface area contributed by atoms with Gasteiger partial charge in [-0.25, -0.2) is 4.98 Å². The molecule has 0 fully saturated rings. The summed E-state index contributed by atoms with van der Waals surface area (Å²) in [5, 5.41) is 0. The van der Waals surface area contributed by atoms with Crippen LogP contribution in [0, 0.1) is 4.77 Å². The van der Waals surface area contributed by atoms with Gasteiger partial charge in [0.15, 0.2) is 10.3 Å². The molecule has 0 spiro atoms. The third-order valence-electron chi connectivity index (χ3n) is 1.85. The van der Waals surface area contributed by atoms with Gasteiger partial charge in [-0.1, -0.05) is 0 Å². The van der Waals surface area contributed by atoms with E-state index in [2.05, 4.69) is 15.0 Å². The van der Waals surface area contributed by atoms with Gasteiger partial charge in [-0.05, 0) is 19.1 Å². The highest BCUT2D eigenvalue weighted by Gasteiger charge is 2.04. The summed E-state index contributed by atoms with van der Waals surface area (Å²) in [6, 6.07) is 0. The summed E-state index contributed by atoms with van der Waals surface area (Å²) in [4.78, 5) is 20.7. The first-order valence-corrected chi connectivity index (χ1v) is 4.30. The second-order valence-corrected chi connectivity index (χ2v) is 3.04. The summed E-state index contributed by atoms with van der Waals surface area (Å²) in [7, 11) is 0. The molecule has 2 heterocycles. The molecule has 0 amide bonds. The molecule has 5 nitrogen and oxygen atoms in total. The first kappa shape index (κ1) is 8.18. The Hall–Kier alpha value is -1.43. The van der Waals surface area contributed by atoms with Crippen molar-refractivity contribution in [3.8, 4) is 0 Å². The maximum Gasteiger partial charge on any atom is 0.279 e. The fourth-order valence-corrected chi connectivity index (χ4v) is 1.41. The van der Waals surface area contributed by atoms with Crippen molar-refractivity contribution in [3.63, 3.8) is 0 Å². The number of imidazole rings is 1. The van der Waals surface area contributed by atoms with Crippen LogP contribution in [0.15, 0.2) is 11.1 Å². The van der Waals surface area contributed by atoms with Crippen LogP contribution in [0.5, 0.6) is 0 Å². The van der Waals surface area contributed by atoms with Crippen molar-refractivity contribution in [1.29, 1.82) is 0 Å². The van der Waals surface area contributed by atoms with Crippen molar-refractivity contribution >= 4 is 23.4 Å². The van der Waals surface area contributed by atoms with E-state index in [9.17, 15) is 4.79 Å². The summed E-state index contributed by atoms with van der Waals surface area (Å²) in [6.45, 7) is 2.73. The third-order valence-corrected chi connectivity index (χ3v) is 2.06. The summed E-state index contributed by atoms with van der Waals surface area (Å²) >= 11 is 4.85. The lowest BCUT2D eigenvalue weighted by molar-refractivity contribution is 0.776. The van der Waals surface area contributed by atoms with Crippen molar-refractivity contribution in [2.24, 2.45) is 0 Å². The number of nitrogens with one attached hydrogen (secondary N) is 2. The van der Waals surface area contributed by atoms with Gasteiger partial charge < -0.3 is 9.55 Å². The third kappa shape index (κ3) is 1.19. The number of aryl methyl sites for hydroxylation is 1. The van der Waals surface area contributed by atoms with E-state index in [1.54, 1.807) is 6.33 Å². The van der Waals surface area contributed by atoms with Gasteiger partial charge in [0.25, 0.3) is 5.56 Å². The average Bonchev–Trinajstić information content (AvgIpc) is 2.47. The van der Waals surface area contributed by atoms with Crippen LogP contribution in [-0.4, -0.2) is 19.5 Å². The molecule has 6 heteroatoms. The second-order valence-electron chi connectivity index (χ2n) is 2.64. The van der Waals surface area contributed by atoms with Crippen molar-refractivity contribution in [3.05, 3.63) is 21.5 Å². The van der Waals surface area contributed by atoms with Gasteiger partial charge in [0, 0.05) is 6.54 Å². The molecule has 0 atom stereocenters. The number of rotatable bonds is 1. The van der Waals surface area contributed by atoms with Crippen LogP contribution >= 0.6 is 12.2 Å². The minimum Gasteiger partial charge on any atom is -0.317 e. The van der Waals surface area contributed by atoms with Crippen LogP contribution in [0.4, 0.5) is 0 Å². The number of hydrogen-bond acceptors (Lipinski definition) is 3. The SMILES string of the molecule is CCn1cnc2c(=O)[nH]c(=S)[nH]c21. The molecule has 13 heavy (non-hydrogen) atoms. The molecule has 0 radical (unpaired) electrons. The fraction of sp³-hybridized carbons (Fsp3) is 0.286. The molecule has 2 aromatic heterocycles. The van der Waals surface area contributed by atoms with Crippen LogP contribution in [-0.2, 0) is 6.54 Å². The van der Waals surface area contributed by atoms with Gasteiger partial charge in [0.05, 0.1) is 6.33 Å². The summed E-state index contributed by atoms with van der Waals surface area (Å²) in [6.07, 6.45) is 1.62. The Bertz CT molecular complexity index is 549. The predicted octanol–water partition coefficient (Wildman–Crippen LogP) is 0.802. The molecule has 2 aromatic rings. The molecule has 0 aromatic carbocycles. The van der Waals surface area contributed by atoms with Crippen LogP contribution in [0.25, 0.3) is 11.2 Å². The smallest absolute Gasteiger partial charge is 0.279 e. The van der Waals surface area contributed by atoms with Gasteiger partial charge in [-0.2, -0.15) is 0 Å². The maximum absolute atomic E-state index is 11.3. The van der Waals surface area contributed by atoms with E-state index in [4.69, 9.17) is 12.2 Å². The van der Waals surface area contributed by atoms with Gasteiger partial charge >= 0.3 is 0 Å². The minimum absolute atomic E-state index is 0.244. The first-order valence-electron chi connectivity index (χ1n) is 3.90. The molecular weight excluding hydrogens is 188 g/mol. The highest BCUT2D eigenvalue weighted by molar-refractivity contribution is 7.71. The lowest BCUT2D eigenvalue weighted by Gasteiger charge is -1.96. The summed E-state index contributed by atoms with van der Waals surface area (Å²) in [5.41, 5.74) is 0.831. The number of nitrogens with zero attached hydrogens (tertiary/aromatic N) is 2. The Labute approximate surface area is 78.4 Å². The lowest BCUT2D eigenvalue weighted by Crippen LogP contribution is -2.08. The average molecular weight is 196 g/mol. The Morgan fingerprint density at radius 2 is 2.38 bits per heavy atom. The van der Waals surface area contributed by atoms with Crippen LogP contribution in [0.3, 0.4) is 0 Å². The van der Waals surface area contributed by atoms with E-state index in [0.29, 0.717) is 15.9 Å². The van der Waals surface area contributed by atoms with Gasteiger partial charge in [-0.15, -0.1) is 0 Å². The molecular formula is C7H8N4OS. The van der Waals surface area contributed by atoms with E-state index in [-0.39, 0.29) is 5.56 Å². The fourth-order valence-electron chi connectivity index (χ4n) is 1.22. The minimum atomic E-state index is -0.244. The van der Waals surface area contributed by atoms with Crippen molar-refractivity contribution in [1.82, 2.24) is 19.5 Å². The van der Waals surface area contributed by atoms with Crippen molar-refractivity contribution in [2.75, 3.05) is 0 Å². The zero-order valence-electron chi connectivity index (χ0n) is 7.00. The van der Waals surface area contributed by atoms with Crippen LogP contribution in [0.1, 0.15) is 6.92 Å². The molecule has 0 bridgehead atoms. The molecule has 0 unspecified atom stereocenters. The van der Waals surface area contributed by atoms with Crippen molar-refractivity contribution < 1.29 is 0 Å². The quantitative estimate of drug-likeness (QED) is 0.663. The Kier molecular flexibility index (Phi) is 1.77. The Morgan fingerprint density at radius 3 is 3.08 bits per heavy atom. The molecule has 68 valence electrons. The van der Waals surface area contributed by atoms with E-state index in [0.717, 1.165) is 6.54 Å². The largest absolute Gasteiger partial charge is 0.317 e. The molecule has 0 aliphatic rings. The number of fused-ring (bicyclic) bond motifs is 1. The van der Waals surface area contributed by atoms with Gasteiger partial charge in [0.1, 0.15) is 5.65 Å². The van der Waals surface area contributed by atoms with Crippen LogP contribution < -0.4 is 5.56 Å². The highest BCUT2D eigenvalue weighted by atomic mass is 32.1. The van der Waals surface area contributed by atoms with Gasteiger partial charge in [0.2, 0.25) is 0 Å². The topological polar surface area (TPSA) is 66.5 Å². The number of aromatic nitrogens is 4. The molecule has 2 N–H and O–H groups in total. The molecule has 0 saturated carbocycles. The van der Waals surface area contributed by atoms with E-state index in [1.807, 2.05) is 11.5 Å². The molecule has 0 aliphatic carbocycles. The zero-order valence-corrected chi connectivity index (χ0v) is 7.81. The Balaban J connectivity index is 2.98. The second kappa shape index (κ2) is 2.81. The van der Waals surface area contributed by atoms with Crippen LogP contribution in [0.2, 0.25) is 0 Å².